The first-order valence-electron chi connectivity index (χ1n) is 16.7. The third kappa shape index (κ3) is 12.9. The van der Waals surface area contributed by atoms with E-state index in [-0.39, 0.29) is 147 Å². The van der Waals surface area contributed by atoms with Gasteiger partial charge in [0.15, 0.2) is 0 Å². The van der Waals surface area contributed by atoms with Crippen LogP contribution < -0.4 is 79.5 Å². The molecule has 0 spiro atoms. The number of nitrogens with zero attached hydrogens (tertiary/aromatic N) is 8. The molecule has 2 aromatic heterocycles. The average Bonchev–Trinajstić information content (AvgIpc) is 3.18. The maximum Gasteiger partial charge on any atom is 1.00 e. The van der Waals surface area contributed by atoms with Gasteiger partial charge in [0.05, 0.1) is 18.1 Å². The second kappa shape index (κ2) is 22.3. The fourth-order valence-electron chi connectivity index (χ4n) is 5.44. The van der Waals surface area contributed by atoms with E-state index in [0.29, 0.717) is 11.4 Å². The van der Waals surface area contributed by atoms with Gasteiger partial charge in [0.1, 0.15) is 10.1 Å². The van der Waals surface area contributed by atoms with E-state index in [1.54, 1.807) is 46.2 Å². The number of benzene rings is 4. The molecule has 59 heavy (non-hydrogen) atoms. The van der Waals surface area contributed by atoms with E-state index in [1.165, 1.54) is 42.5 Å². The van der Waals surface area contributed by atoms with Crippen molar-refractivity contribution in [1.82, 2.24) is 29.9 Å². The summed E-state index contributed by atoms with van der Waals surface area (Å²) in [5, 5.41) is 24.7. The normalized spacial score (nSPS) is 11.6. The van der Waals surface area contributed by atoms with Crippen LogP contribution in [0.25, 0.3) is 12.2 Å². The number of hydrogen-bond donors (Lipinski definition) is 4. The van der Waals surface area contributed by atoms with Crippen LogP contribution in [0.4, 0.5) is 46.5 Å². The van der Waals surface area contributed by atoms with Gasteiger partial charge in [-0.1, -0.05) is 60.7 Å². The molecule has 0 aliphatic rings. The van der Waals surface area contributed by atoms with Crippen molar-refractivity contribution >= 4 is 103 Å². The van der Waals surface area contributed by atoms with E-state index in [9.17, 15) is 31.9 Å². The molecule has 17 nitrogen and oxygen atoms in total. The van der Waals surface area contributed by atoms with Gasteiger partial charge in [-0.2, -0.15) is 29.9 Å². The Labute approximate surface area is 395 Å². The van der Waals surface area contributed by atoms with E-state index in [1.807, 2.05) is 24.3 Å². The van der Waals surface area contributed by atoms with Crippen LogP contribution in [-0.2, 0) is 21.2 Å². The number of para-hydroxylation sites is 2. The van der Waals surface area contributed by atoms with E-state index in [4.69, 9.17) is 23.2 Å². The van der Waals surface area contributed by atoms with E-state index in [2.05, 4.69) is 40.5 Å². The van der Waals surface area contributed by atoms with Crippen LogP contribution in [0.2, 0.25) is 10.6 Å². The van der Waals surface area contributed by atoms with Crippen molar-refractivity contribution in [2.75, 3.05) is 46.7 Å². The van der Waals surface area contributed by atoms with Gasteiger partial charge in [-0.15, -0.1) is 0 Å². The van der Waals surface area contributed by atoms with Crippen LogP contribution in [0.1, 0.15) is 11.1 Å². The Balaban J connectivity index is 0.00000384. The zero-order valence-corrected chi connectivity index (χ0v) is 38.5. The number of rotatable bonds is 16. The third-order valence-corrected chi connectivity index (χ3v) is 9.83. The number of aliphatic hydroxyl groups is 2. The van der Waals surface area contributed by atoms with E-state index >= 15 is 0 Å². The summed E-state index contributed by atoms with van der Waals surface area (Å²) in [4.78, 5) is 27.7. The van der Waals surface area contributed by atoms with Gasteiger partial charge in [0.2, 0.25) is 34.4 Å². The number of hydrogen-bond acceptors (Lipinski definition) is 17. The zero-order valence-electron chi connectivity index (χ0n) is 31.3. The van der Waals surface area contributed by atoms with Crippen LogP contribution in [0.15, 0.2) is 107 Å². The first kappa shape index (κ1) is 48.0. The minimum atomic E-state index is -5.06. The second-order valence-corrected chi connectivity index (χ2v) is 14.6. The largest absolute Gasteiger partial charge is 1.00 e. The van der Waals surface area contributed by atoms with Gasteiger partial charge in [-0.25, -0.2) is 8.42 Å². The summed E-state index contributed by atoms with van der Waals surface area (Å²) in [6.45, 7) is -0.172. The molecule has 0 aliphatic carbocycles. The molecule has 0 saturated heterocycles. The van der Waals surface area contributed by atoms with Gasteiger partial charge in [-0.05, 0) is 93.9 Å². The molecule has 4 N–H and O–H groups in total. The molecule has 0 aliphatic heterocycles. The molecule has 0 radical (unpaired) electrons. The molecule has 0 amide bonds. The van der Waals surface area contributed by atoms with Crippen LogP contribution in [0, 0.1) is 0 Å². The quantitative estimate of drug-likeness (QED) is 0.0411. The molecular formula is C36H30Cl2N10Na2O7S2. The molecule has 1 atom stereocenters. The topological polar surface area (TPSA) is 246 Å². The Kier molecular flexibility index (Phi) is 18.1. The first-order chi connectivity index (χ1) is 27.4. The smallest absolute Gasteiger partial charge is 0.768 e. The molecular weight excluding hydrogens is 865 g/mol. The van der Waals surface area contributed by atoms with E-state index < -0.39 is 26.1 Å². The number of nitrogens with one attached hydrogen (secondary N) is 2. The van der Waals surface area contributed by atoms with Crippen LogP contribution in [-0.4, -0.2) is 88.2 Å². The molecule has 2 heterocycles. The Morgan fingerprint density at radius 2 is 1.10 bits per heavy atom. The molecule has 0 bridgehead atoms. The zero-order chi connectivity index (χ0) is 40.5. The molecule has 0 saturated carbocycles. The Bertz CT molecular complexity index is 2540. The number of aromatic nitrogens is 6. The van der Waals surface area contributed by atoms with Crippen molar-refractivity contribution in [3.05, 3.63) is 119 Å². The Morgan fingerprint density at radius 3 is 1.54 bits per heavy atom. The molecule has 294 valence electrons. The van der Waals surface area contributed by atoms with E-state index in [0.717, 1.165) is 6.07 Å². The first-order valence-corrected chi connectivity index (χ1v) is 19.9. The van der Waals surface area contributed by atoms with Gasteiger partial charge in [0, 0.05) is 40.7 Å². The van der Waals surface area contributed by atoms with Crippen molar-refractivity contribution in [2.24, 2.45) is 0 Å². The Hall–Kier alpha value is -3.64. The standard InChI is InChI=1S/C36H32Cl2N10O7S2.2Na/c37-31-41-33(45-35(43-31)47(17-19-49)27-7-3-1-4-8-27)39-25-15-13-23(29(21-25)56(51)52)11-12-24-14-16-26(22-30(24)57(53,54)55)40-34-42-32(38)44-36(46-34)48(18-20-50)28-9-5-2-6-10-28;;/h1-16,21-22,49-50H,17-20H2,(H,51,52)(H,53,54,55)(H,39,41,43,45)(H,40,42,44,46);;/q;2*+1/p-2/b12-11+;;. The summed E-state index contributed by atoms with van der Waals surface area (Å²) in [7, 11) is -5.06. The minimum absolute atomic E-state index is 0. The monoisotopic (exact) mass is 894 g/mol. The van der Waals surface area contributed by atoms with Crippen molar-refractivity contribution < 1.29 is 91.1 Å². The van der Waals surface area contributed by atoms with Crippen molar-refractivity contribution in [1.29, 1.82) is 0 Å². The van der Waals surface area contributed by atoms with Crippen molar-refractivity contribution in [2.45, 2.75) is 9.79 Å². The maximum absolute atomic E-state index is 12.4. The predicted octanol–water partition coefficient (Wildman–Crippen LogP) is -0.568. The minimum Gasteiger partial charge on any atom is -0.768 e. The van der Waals surface area contributed by atoms with Crippen LogP contribution in [0.5, 0.6) is 0 Å². The number of anilines is 8. The van der Waals surface area contributed by atoms with Gasteiger partial charge >= 0.3 is 59.1 Å². The number of halogens is 2. The summed E-state index contributed by atoms with van der Waals surface area (Å²) in [5.41, 5.74) is 1.85. The summed E-state index contributed by atoms with van der Waals surface area (Å²) >= 11 is 9.64. The van der Waals surface area contributed by atoms with Gasteiger partial charge in [-0.3, -0.25) is 4.21 Å². The van der Waals surface area contributed by atoms with Crippen LogP contribution >= 0.6 is 23.2 Å². The molecule has 1 unspecified atom stereocenters. The fraction of sp³-hybridized carbons (Fsp3) is 0.111. The molecule has 6 rings (SSSR count). The third-order valence-electron chi connectivity index (χ3n) is 7.89. The summed E-state index contributed by atoms with van der Waals surface area (Å²) < 4.78 is 62.0. The van der Waals surface area contributed by atoms with Crippen molar-refractivity contribution in [3.63, 3.8) is 0 Å². The summed E-state index contributed by atoms with van der Waals surface area (Å²) in [6, 6.07) is 26.2. The second-order valence-electron chi connectivity index (χ2n) is 11.7. The van der Waals surface area contributed by atoms with Crippen LogP contribution in [0.3, 0.4) is 0 Å². The van der Waals surface area contributed by atoms with Gasteiger partial charge < -0.3 is 39.8 Å². The van der Waals surface area contributed by atoms with Gasteiger partial charge in [0.25, 0.3) is 0 Å². The summed E-state index contributed by atoms with van der Waals surface area (Å²) in [5.74, 6) is 0.136. The SMILES string of the molecule is O=S([O-])c1cc(Nc2nc(Cl)nc(N(CCO)c3ccccc3)n2)ccc1/C=C/c1ccc(Nc2nc(Cl)nc(N(CCO)c3ccccc3)n2)cc1S(=O)(=O)[O-].[Na+].[Na+]. The Morgan fingerprint density at radius 1 is 0.661 bits per heavy atom. The molecule has 6 aromatic rings. The predicted molar refractivity (Wildman–Crippen MR) is 214 cm³/mol. The average molecular weight is 896 g/mol. The van der Waals surface area contributed by atoms with Crippen molar-refractivity contribution in [3.8, 4) is 0 Å². The molecule has 4 aromatic carbocycles. The maximum atomic E-state index is 12.4. The molecule has 0 fully saturated rings. The summed E-state index contributed by atoms with van der Waals surface area (Å²) in [6.07, 6.45) is 2.63. The fourth-order valence-corrected chi connectivity index (χ4v) is 6.99. The number of aliphatic hydroxyl groups excluding tert-OH is 2. The molecule has 23 heteroatoms.